The van der Waals surface area contributed by atoms with Gasteiger partial charge in [-0.15, -0.1) is 0 Å². The number of carbonyl (C=O) groups is 1. The van der Waals surface area contributed by atoms with E-state index in [0.29, 0.717) is 17.2 Å². The summed E-state index contributed by atoms with van der Waals surface area (Å²) in [5.74, 6) is 0.281. The molecule has 1 aliphatic carbocycles. The second-order valence-electron chi connectivity index (χ2n) is 8.47. The number of hydrogen-bond donors (Lipinski definition) is 0. The molecule has 1 aliphatic rings. The number of ether oxygens (including phenoxy) is 1. The van der Waals surface area contributed by atoms with E-state index in [9.17, 15) is 9.18 Å². The minimum absolute atomic E-state index is 0.0489. The molecule has 0 bridgehead atoms. The van der Waals surface area contributed by atoms with Gasteiger partial charge in [-0.3, -0.25) is 0 Å². The van der Waals surface area contributed by atoms with E-state index in [4.69, 9.17) is 10.00 Å². The van der Waals surface area contributed by atoms with Crippen molar-refractivity contribution in [3.63, 3.8) is 0 Å². The highest BCUT2D eigenvalue weighted by molar-refractivity contribution is 5.91. The SMILES string of the molecule is CCC1CCC(c2ccc(C(=O)Oc3ccc(-c4ccc(C#N)cc4)cc3)c(F)c2)CC1. The summed E-state index contributed by atoms with van der Waals surface area (Å²) in [6, 6.07) is 21.3. The van der Waals surface area contributed by atoms with Gasteiger partial charge in [0.25, 0.3) is 0 Å². The zero-order valence-electron chi connectivity index (χ0n) is 18.2. The van der Waals surface area contributed by atoms with E-state index in [0.717, 1.165) is 35.4 Å². The van der Waals surface area contributed by atoms with Crippen LogP contribution in [0.3, 0.4) is 0 Å². The summed E-state index contributed by atoms with van der Waals surface area (Å²) < 4.78 is 20.1. The van der Waals surface area contributed by atoms with Gasteiger partial charge in [-0.2, -0.15) is 5.26 Å². The van der Waals surface area contributed by atoms with Crippen LogP contribution in [0.15, 0.2) is 66.7 Å². The fraction of sp³-hybridized carbons (Fsp3) is 0.286. The van der Waals surface area contributed by atoms with Crippen molar-refractivity contribution >= 4 is 5.97 Å². The van der Waals surface area contributed by atoms with E-state index >= 15 is 0 Å². The highest BCUT2D eigenvalue weighted by Crippen LogP contribution is 2.37. The van der Waals surface area contributed by atoms with Crippen molar-refractivity contribution in [3.05, 3.63) is 89.2 Å². The van der Waals surface area contributed by atoms with Gasteiger partial charge in [-0.05, 0) is 90.6 Å². The lowest BCUT2D eigenvalue weighted by Gasteiger charge is -2.28. The third kappa shape index (κ3) is 4.89. The molecule has 0 saturated heterocycles. The summed E-state index contributed by atoms with van der Waals surface area (Å²) in [6.07, 6.45) is 5.73. The van der Waals surface area contributed by atoms with Crippen molar-refractivity contribution in [2.24, 2.45) is 5.92 Å². The minimum atomic E-state index is -0.699. The maximum Gasteiger partial charge on any atom is 0.346 e. The molecule has 1 saturated carbocycles. The molecule has 0 unspecified atom stereocenters. The van der Waals surface area contributed by atoms with Crippen LogP contribution in [0.25, 0.3) is 11.1 Å². The predicted molar refractivity (Wildman–Crippen MR) is 123 cm³/mol. The zero-order valence-corrected chi connectivity index (χ0v) is 18.2. The van der Waals surface area contributed by atoms with Gasteiger partial charge in [0.1, 0.15) is 11.6 Å². The van der Waals surface area contributed by atoms with Crippen LogP contribution in [0, 0.1) is 23.1 Å². The third-order valence-electron chi connectivity index (χ3n) is 6.52. The van der Waals surface area contributed by atoms with Crippen LogP contribution < -0.4 is 4.74 Å². The molecule has 0 aromatic heterocycles. The Hall–Kier alpha value is -3.45. The molecule has 4 rings (SSSR count). The van der Waals surface area contributed by atoms with Crippen molar-refractivity contribution in [2.45, 2.75) is 44.9 Å². The van der Waals surface area contributed by atoms with E-state index < -0.39 is 11.8 Å². The molecule has 0 N–H and O–H groups in total. The summed E-state index contributed by atoms with van der Waals surface area (Å²) in [4.78, 5) is 12.5. The Morgan fingerprint density at radius 2 is 1.59 bits per heavy atom. The van der Waals surface area contributed by atoms with Gasteiger partial charge < -0.3 is 4.74 Å². The van der Waals surface area contributed by atoms with Crippen LogP contribution in [0.4, 0.5) is 4.39 Å². The second kappa shape index (κ2) is 9.78. The monoisotopic (exact) mass is 427 g/mol. The van der Waals surface area contributed by atoms with Crippen molar-refractivity contribution in [1.29, 1.82) is 5.26 Å². The maximum atomic E-state index is 14.7. The number of halogens is 1. The van der Waals surface area contributed by atoms with E-state index in [1.807, 2.05) is 30.3 Å². The summed E-state index contributed by atoms with van der Waals surface area (Å²) in [5.41, 5.74) is 3.41. The number of hydrogen-bond acceptors (Lipinski definition) is 3. The third-order valence-corrected chi connectivity index (χ3v) is 6.52. The van der Waals surface area contributed by atoms with Crippen LogP contribution in [0.2, 0.25) is 0 Å². The molecular formula is C28H26FNO2. The zero-order chi connectivity index (χ0) is 22.5. The first-order valence-electron chi connectivity index (χ1n) is 11.2. The quantitative estimate of drug-likeness (QED) is 0.318. The Balaban J connectivity index is 1.41. The molecular weight excluding hydrogens is 401 g/mol. The molecule has 32 heavy (non-hydrogen) atoms. The Labute approximate surface area is 188 Å². The van der Waals surface area contributed by atoms with Gasteiger partial charge in [0.05, 0.1) is 17.2 Å². The fourth-order valence-corrected chi connectivity index (χ4v) is 4.47. The van der Waals surface area contributed by atoms with Crippen LogP contribution in [-0.2, 0) is 0 Å². The standard InChI is InChI=1S/C28H26FNO2/c1-2-19-3-7-23(8-4-19)24-13-16-26(27(29)17-24)28(31)32-25-14-11-22(12-15-25)21-9-5-20(18-30)6-10-21/h5-6,9-17,19,23H,2-4,7-8H2,1H3. The van der Waals surface area contributed by atoms with E-state index in [-0.39, 0.29) is 5.56 Å². The van der Waals surface area contributed by atoms with Crippen molar-refractivity contribution < 1.29 is 13.9 Å². The summed E-state index contributed by atoms with van der Waals surface area (Å²) >= 11 is 0. The minimum Gasteiger partial charge on any atom is -0.423 e. The molecule has 4 heteroatoms. The lowest BCUT2D eigenvalue weighted by molar-refractivity contribution is 0.0730. The average Bonchev–Trinajstić information content (AvgIpc) is 2.84. The Kier molecular flexibility index (Phi) is 6.66. The summed E-state index contributed by atoms with van der Waals surface area (Å²) in [6.45, 7) is 2.23. The average molecular weight is 428 g/mol. The molecule has 0 atom stereocenters. The van der Waals surface area contributed by atoms with Crippen molar-refractivity contribution in [3.8, 4) is 22.9 Å². The second-order valence-corrected chi connectivity index (χ2v) is 8.47. The van der Waals surface area contributed by atoms with Gasteiger partial charge >= 0.3 is 5.97 Å². The lowest BCUT2D eigenvalue weighted by atomic mass is 9.78. The molecule has 3 nitrogen and oxygen atoms in total. The number of carbonyl (C=O) groups excluding carboxylic acids is 1. The number of nitrogens with zero attached hydrogens (tertiary/aromatic N) is 1. The van der Waals surface area contributed by atoms with E-state index in [2.05, 4.69) is 13.0 Å². The maximum absolute atomic E-state index is 14.7. The Morgan fingerprint density at radius 1 is 0.969 bits per heavy atom. The molecule has 0 amide bonds. The van der Waals surface area contributed by atoms with Crippen LogP contribution >= 0.6 is 0 Å². The molecule has 3 aromatic rings. The van der Waals surface area contributed by atoms with Crippen molar-refractivity contribution in [1.82, 2.24) is 0 Å². The topological polar surface area (TPSA) is 50.1 Å². The highest BCUT2D eigenvalue weighted by Gasteiger charge is 2.23. The normalized spacial score (nSPS) is 18.0. The molecule has 0 aliphatic heterocycles. The highest BCUT2D eigenvalue weighted by atomic mass is 19.1. The van der Waals surface area contributed by atoms with Gasteiger partial charge in [0.15, 0.2) is 0 Å². The molecule has 3 aromatic carbocycles. The number of rotatable bonds is 5. The van der Waals surface area contributed by atoms with Crippen molar-refractivity contribution in [2.75, 3.05) is 0 Å². The van der Waals surface area contributed by atoms with E-state index in [1.54, 1.807) is 30.3 Å². The molecule has 0 radical (unpaired) electrons. The Bertz CT molecular complexity index is 1120. The molecule has 162 valence electrons. The van der Waals surface area contributed by atoms with Gasteiger partial charge in [0, 0.05) is 0 Å². The summed E-state index contributed by atoms with van der Waals surface area (Å²) in [5, 5.41) is 8.91. The van der Waals surface area contributed by atoms with Gasteiger partial charge in [-0.1, -0.05) is 43.7 Å². The van der Waals surface area contributed by atoms with Crippen LogP contribution in [0.5, 0.6) is 5.75 Å². The summed E-state index contributed by atoms with van der Waals surface area (Å²) in [7, 11) is 0. The van der Waals surface area contributed by atoms with Gasteiger partial charge in [-0.25, -0.2) is 9.18 Å². The van der Waals surface area contributed by atoms with Crippen LogP contribution in [-0.4, -0.2) is 5.97 Å². The van der Waals surface area contributed by atoms with Crippen LogP contribution in [0.1, 0.15) is 66.4 Å². The fourth-order valence-electron chi connectivity index (χ4n) is 4.47. The molecule has 0 spiro atoms. The smallest absolute Gasteiger partial charge is 0.346 e. The number of esters is 1. The largest absolute Gasteiger partial charge is 0.423 e. The first-order chi connectivity index (χ1) is 15.6. The first-order valence-corrected chi connectivity index (χ1v) is 11.2. The first kappa shape index (κ1) is 21.8. The van der Waals surface area contributed by atoms with E-state index in [1.165, 1.54) is 25.3 Å². The molecule has 1 fully saturated rings. The lowest BCUT2D eigenvalue weighted by Crippen LogP contribution is -2.14. The molecule has 0 heterocycles. The number of benzene rings is 3. The Morgan fingerprint density at radius 3 is 2.16 bits per heavy atom. The van der Waals surface area contributed by atoms with Gasteiger partial charge in [0.2, 0.25) is 0 Å². The predicted octanol–water partition coefficient (Wildman–Crippen LogP) is 7.27. The number of nitriles is 1.